The summed E-state index contributed by atoms with van der Waals surface area (Å²) in [4.78, 5) is 10.6. The number of carbonyl (C=O) groups is 1. The van der Waals surface area contributed by atoms with E-state index in [0.717, 1.165) is 25.2 Å². The van der Waals surface area contributed by atoms with Crippen LogP contribution in [0, 0.1) is 0 Å². The van der Waals surface area contributed by atoms with Crippen LogP contribution >= 0.6 is 27.3 Å². The van der Waals surface area contributed by atoms with E-state index in [9.17, 15) is 4.79 Å². The lowest BCUT2D eigenvalue weighted by Crippen LogP contribution is -1.99. The number of methoxy groups -OCH3 is 1. The molecule has 1 aromatic carbocycles. The molecule has 84 valence electrons. The van der Waals surface area contributed by atoms with Crippen LogP contribution in [-0.4, -0.2) is 18.2 Å². The number of hydrogen-bond acceptors (Lipinski definition) is 3. The summed E-state index contributed by atoms with van der Waals surface area (Å²) < 4.78 is 7.09. The Bertz CT molecular complexity index is 547. The Kier molecular flexibility index (Phi) is 3.16. The number of ether oxygens (including phenoxy) is 1. The van der Waals surface area contributed by atoms with Gasteiger partial charge in [-0.05, 0) is 17.7 Å². The molecule has 0 aliphatic heterocycles. The summed E-state index contributed by atoms with van der Waals surface area (Å²) in [5, 5.41) is 10.6. The van der Waals surface area contributed by atoms with Gasteiger partial charge in [-0.25, -0.2) is 0 Å². The molecule has 1 N–H and O–H groups in total. The number of carboxylic acids is 1. The van der Waals surface area contributed by atoms with E-state index in [1.807, 2.05) is 18.2 Å². The molecule has 16 heavy (non-hydrogen) atoms. The van der Waals surface area contributed by atoms with Gasteiger partial charge >= 0.3 is 5.97 Å². The van der Waals surface area contributed by atoms with E-state index in [1.165, 1.54) is 11.3 Å². The SMILES string of the molecule is COc1cc2c(Br)cc(CC(=O)O)cc2s1. The lowest BCUT2D eigenvalue weighted by Gasteiger charge is -1.99. The van der Waals surface area contributed by atoms with Gasteiger partial charge in [0.15, 0.2) is 5.06 Å². The van der Waals surface area contributed by atoms with Gasteiger partial charge in [-0.1, -0.05) is 27.3 Å². The van der Waals surface area contributed by atoms with Crippen molar-refractivity contribution in [2.45, 2.75) is 6.42 Å². The fraction of sp³-hybridized carbons (Fsp3) is 0.182. The molecule has 5 heteroatoms. The fourth-order valence-corrected chi connectivity index (χ4v) is 3.22. The van der Waals surface area contributed by atoms with E-state index in [4.69, 9.17) is 9.84 Å². The van der Waals surface area contributed by atoms with Gasteiger partial charge in [0.25, 0.3) is 0 Å². The predicted molar refractivity (Wildman–Crippen MR) is 67.4 cm³/mol. The molecular formula is C11H9BrO3S. The van der Waals surface area contributed by atoms with E-state index in [0.29, 0.717) is 0 Å². The number of aliphatic carboxylic acids is 1. The van der Waals surface area contributed by atoms with Crippen LogP contribution in [0.3, 0.4) is 0 Å². The van der Waals surface area contributed by atoms with Crippen molar-refractivity contribution in [2.24, 2.45) is 0 Å². The van der Waals surface area contributed by atoms with Crippen molar-refractivity contribution in [3.8, 4) is 5.06 Å². The molecule has 0 bridgehead atoms. The first kappa shape index (κ1) is 11.4. The van der Waals surface area contributed by atoms with Crippen molar-refractivity contribution < 1.29 is 14.6 Å². The maximum Gasteiger partial charge on any atom is 0.307 e. The van der Waals surface area contributed by atoms with Gasteiger partial charge in [0.05, 0.1) is 13.5 Å². The minimum atomic E-state index is -0.824. The zero-order chi connectivity index (χ0) is 11.7. The number of rotatable bonds is 3. The largest absolute Gasteiger partial charge is 0.487 e. The van der Waals surface area contributed by atoms with Crippen molar-refractivity contribution in [1.82, 2.24) is 0 Å². The molecular weight excluding hydrogens is 292 g/mol. The molecule has 0 amide bonds. The first-order chi connectivity index (χ1) is 7.60. The normalized spacial score (nSPS) is 10.6. The number of thiophene rings is 1. The maximum atomic E-state index is 10.6. The van der Waals surface area contributed by atoms with Crippen molar-refractivity contribution in [1.29, 1.82) is 0 Å². The molecule has 0 unspecified atom stereocenters. The molecule has 1 heterocycles. The quantitative estimate of drug-likeness (QED) is 0.946. The van der Waals surface area contributed by atoms with Crippen LogP contribution in [0.4, 0.5) is 0 Å². The summed E-state index contributed by atoms with van der Waals surface area (Å²) in [6.07, 6.45) is 0.0365. The highest BCUT2D eigenvalue weighted by Gasteiger charge is 2.09. The molecule has 1 aromatic heterocycles. The molecule has 3 nitrogen and oxygen atoms in total. The lowest BCUT2D eigenvalue weighted by molar-refractivity contribution is -0.136. The smallest absolute Gasteiger partial charge is 0.307 e. The predicted octanol–water partition coefficient (Wildman–Crippen LogP) is 3.30. The summed E-state index contributed by atoms with van der Waals surface area (Å²) in [5.41, 5.74) is 0.788. The van der Waals surface area contributed by atoms with E-state index in [-0.39, 0.29) is 6.42 Å². The Hall–Kier alpha value is -1.07. The van der Waals surface area contributed by atoms with Crippen LogP contribution in [0.15, 0.2) is 22.7 Å². The van der Waals surface area contributed by atoms with Gasteiger partial charge in [0.2, 0.25) is 0 Å². The third kappa shape index (κ3) is 2.20. The number of fused-ring (bicyclic) bond motifs is 1. The zero-order valence-electron chi connectivity index (χ0n) is 8.49. The molecule has 0 saturated carbocycles. The second-order valence-corrected chi connectivity index (χ2v) is 5.23. The molecule has 2 aromatic rings. The molecule has 0 fully saturated rings. The number of carboxylic acid groups (broad SMARTS) is 1. The van der Waals surface area contributed by atoms with Gasteiger partial charge in [0.1, 0.15) is 0 Å². The average Bonchev–Trinajstić information content (AvgIpc) is 2.60. The fourth-order valence-electron chi connectivity index (χ4n) is 1.50. The van der Waals surface area contributed by atoms with E-state index < -0.39 is 5.97 Å². The van der Waals surface area contributed by atoms with E-state index in [1.54, 1.807) is 7.11 Å². The molecule has 0 aliphatic rings. The first-order valence-electron chi connectivity index (χ1n) is 4.58. The summed E-state index contributed by atoms with van der Waals surface area (Å²) in [5.74, 6) is -0.824. The third-order valence-corrected chi connectivity index (χ3v) is 3.88. The summed E-state index contributed by atoms with van der Waals surface area (Å²) in [6, 6.07) is 5.67. The molecule has 2 rings (SSSR count). The van der Waals surface area contributed by atoms with Crippen LogP contribution in [-0.2, 0) is 11.2 Å². The maximum absolute atomic E-state index is 10.6. The van der Waals surface area contributed by atoms with Crippen molar-refractivity contribution in [3.63, 3.8) is 0 Å². The molecule has 0 atom stereocenters. The van der Waals surface area contributed by atoms with Crippen LogP contribution < -0.4 is 4.74 Å². The minimum Gasteiger partial charge on any atom is -0.487 e. The van der Waals surface area contributed by atoms with Gasteiger partial charge in [-0.2, -0.15) is 0 Å². The second kappa shape index (κ2) is 4.43. The first-order valence-corrected chi connectivity index (χ1v) is 6.19. The van der Waals surface area contributed by atoms with Gasteiger partial charge in [-0.15, -0.1) is 0 Å². The lowest BCUT2D eigenvalue weighted by atomic mass is 10.1. The Balaban J connectivity index is 2.52. The van der Waals surface area contributed by atoms with Crippen LogP contribution in [0.2, 0.25) is 0 Å². The topological polar surface area (TPSA) is 46.5 Å². The Labute approximate surface area is 105 Å². The molecule has 0 radical (unpaired) electrons. The average molecular weight is 301 g/mol. The highest BCUT2D eigenvalue weighted by molar-refractivity contribution is 9.10. The van der Waals surface area contributed by atoms with Crippen molar-refractivity contribution in [2.75, 3.05) is 7.11 Å². The molecule has 0 aliphatic carbocycles. The van der Waals surface area contributed by atoms with Crippen LogP contribution in [0.5, 0.6) is 5.06 Å². The highest BCUT2D eigenvalue weighted by Crippen LogP contribution is 2.36. The highest BCUT2D eigenvalue weighted by atomic mass is 79.9. The summed E-state index contributed by atoms with van der Waals surface area (Å²) in [6.45, 7) is 0. The zero-order valence-corrected chi connectivity index (χ0v) is 10.9. The van der Waals surface area contributed by atoms with E-state index in [2.05, 4.69) is 15.9 Å². The summed E-state index contributed by atoms with van der Waals surface area (Å²) in [7, 11) is 1.62. The minimum absolute atomic E-state index is 0.0365. The number of hydrogen-bond donors (Lipinski definition) is 1. The monoisotopic (exact) mass is 300 g/mol. The van der Waals surface area contributed by atoms with Crippen molar-refractivity contribution in [3.05, 3.63) is 28.2 Å². The Morgan fingerprint density at radius 3 is 2.88 bits per heavy atom. The van der Waals surface area contributed by atoms with E-state index >= 15 is 0 Å². The van der Waals surface area contributed by atoms with Crippen molar-refractivity contribution >= 4 is 43.3 Å². The summed E-state index contributed by atoms with van der Waals surface area (Å²) >= 11 is 4.95. The second-order valence-electron chi connectivity index (χ2n) is 3.33. The third-order valence-electron chi connectivity index (χ3n) is 2.18. The van der Waals surface area contributed by atoms with Gasteiger partial charge in [0, 0.05) is 20.6 Å². The Morgan fingerprint density at radius 1 is 1.50 bits per heavy atom. The number of halogens is 1. The number of benzene rings is 1. The van der Waals surface area contributed by atoms with Crippen LogP contribution in [0.25, 0.3) is 10.1 Å². The standard InChI is InChI=1S/C11H9BrO3S/c1-15-11-5-7-8(12)2-6(4-10(13)14)3-9(7)16-11/h2-3,5H,4H2,1H3,(H,13,14). The van der Waals surface area contributed by atoms with Gasteiger partial charge < -0.3 is 9.84 Å². The van der Waals surface area contributed by atoms with Gasteiger partial charge in [-0.3, -0.25) is 4.79 Å². The Morgan fingerprint density at radius 2 is 2.25 bits per heavy atom. The molecule has 0 saturated heterocycles. The van der Waals surface area contributed by atoms with Crippen LogP contribution in [0.1, 0.15) is 5.56 Å². The molecule has 0 spiro atoms.